The first-order valence-electron chi connectivity index (χ1n) is 22.1. The third-order valence-corrected chi connectivity index (χ3v) is 11.4. The van der Waals surface area contributed by atoms with Gasteiger partial charge < -0.3 is 29.9 Å². The summed E-state index contributed by atoms with van der Waals surface area (Å²) in [7, 11) is 0. The van der Waals surface area contributed by atoms with Crippen molar-refractivity contribution in [3.63, 3.8) is 0 Å². The summed E-state index contributed by atoms with van der Waals surface area (Å²) in [5, 5.41) is 4.67. The summed E-state index contributed by atoms with van der Waals surface area (Å²) in [6, 6.07) is 7.61. The Morgan fingerprint density at radius 1 is 0.475 bits per heavy atom. The standard InChI is InChI=1S/C44H28F18N14O4/c45-39(46,47)25-5-1-3-23(67-25)31-69-33(65-21-9-13-63-27(17-21)41(51,52)53)73-35(71-31)75-15-11-37(19-75,43(57,58)59)79-29(77)7-8-30(78)80-38(44(60,61)62)12-16-76(20-38)36-72-32(24-4-2-6-26(68-24)40(48,49)50)70-34(74-36)66-22-10-14-64-28(18-22)42(54,55)56/h1-10,13-14,17-18H,11-12,15-16,19-20H2,(H,63,65,69,71,73)(H,64,66,70,72,74)/b8-7-/t37-,38-/m0/s1. The largest absolute Gasteiger partial charge is 0.444 e. The van der Waals surface area contributed by atoms with E-state index in [1.165, 1.54) is 0 Å². The summed E-state index contributed by atoms with van der Waals surface area (Å²) in [6.07, 6.45) is -32.1. The van der Waals surface area contributed by atoms with Crippen LogP contribution in [0.5, 0.6) is 0 Å². The van der Waals surface area contributed by atoms with E-state index in [4.69, 9.17) is 9.47 Å². The van der Waals surface area contributed by atoms with Crippen molar-refractivity contribution in [2.45, 2.75) is 61.1 Å². The monoisotopic (exact) mass is 1160 g/mol. The first-order chi connectivity index (χ1) is 37.1. The topological polar surface area (TPSA) is 212 Å². The van der Waals surface area contributed by atoms with E-state index < -0.39 is 180 Å². The smallest absolute Gasteiger partial charge is 0.433 e. The van der Waals surface area contributed by atoms with E-state index in [1.54, 1.807) is 0 Å². The summed E-state index contributed by atoms with van der Waals surface area (Å²) >= 11 is 0. The summed E-state index contributed by atoms with van der Waals surface area (Å²) in [5.74, 6) is -8.56. The Kier molecular flexibility index (Phi) is 14.9. The molecule has 2 aliphatic heterocycles. The average molecular weight is 1160 g/mol. The highest BCUT2D eigenvalue weighted by atomic mass is 19.4. The van der Waals surface area contributed by atoms with Gasteiger partial charge in [-0.2, -0.15) is 109 Å². The van der Waals surface area contributed by atoms with Gasteiger partial charge in [-0.1, -0.05) is 12.1 Å². The Hall–Kier alpha value is -8.76. The molecule has 80 heavy (non-hydrogen) atoms. The highest BCUT2D eigenvalue weighted by molar-refractivity contribution is 5.92. The van der Waals surface area contributed by atoms with Gasteiger partial charge in [0.25, 0.3) is 0 Å². The Balaban J connectivity index is 1.03. The van der Waals surface area contributed by atoms with Crippen molar-refractivity contribution in [1.82, 2.24) is 49.8 Å². The molecule has 2 atom stereocenters. The average Bonchev–Trinajstić information content (AvgIpc) is 4.02. The second-order valence-corrected chi connectivity index (χ2v) is 17.0. The molecule has 2 aliphatic rings. The number of nitrogens with zero attached hydrogens (tertiary/aromatic N) is 12. The molecule has 2 fully saturated rings. The fourth-order valence-corrected chi connectivity index (χ4v) is 7.61. The molecule has 0 aromatic carbocycles. The normalized spacial score (nSPS) is 18.4. The molecule has 8 rings (SSSR count). The number of esters is 2. The minimum Gasteiger partial charge on any atom is -0.444 e. The predicted octanol–water partition coefficient (Wildman–Crippen LogP) is 9.90. The number of pyridine rings is 4. The lowest BCUT2D eigenvalue weighted by Crippen LogP contribution is -2.51. The van der Waals surface area contributed by atoms with Crippen LogP contribution in [0.25, 0.3) is 23.0 Å². The number of hydrogen-bond donors (Lipinski definition) is 2. The number of carbonyl (C=O) groups excluding carboxylic acids is 2. The lowest BCUT2D eigenvalue weighted by molar-refractivity contribution is -0.260. The van der Waals surface area contributed by atoms with Gasteiger partial charge in [-0.25, -0.2) is 19.6 Å². The Bertz CT molecular complexity index is 3120. The molecule has 36 heteroatoms. The maximum Gasteiger partial charge on any atom is 0.433 e. The molecule has 6 aromatic heterocycles. The Morgan fingerprint density at radius 3 is 1.18 bits per heavy atom. The van der Waals surface area contributed by atoms with Crippen molar-refractivity contribution in [2.75, 3.05) is 46.6 Å². The maximum atomic E-state index is 14.9. The third kappa shape index (κ3) is 12.9. The molecular formula is C44H28F18N14O4. The fraction of sp³-hybridized carbons (Fsp3) is 0.318. The molecule has 8 heterocycles. The van der Waals surface area contributed by atoms with Crippen LogP contribution in [0.4, 0.5) is 114 Å². The van der Waals surface area contributed by atoms with Gasteiger partial charge in [0, 0.05) is 61.9 Å². The molecule has 0 unspecified atom stereocenters. The predicted molar refractivity (Wildman–Crippen MR) is 234 cm³/mol. The van der Waals surface area contributed by atoms with E-state index in [0.29, 0.717) is 46.5 Å². The number of hydrogen-bond acceptors (Lipinski definition) is 18. The third-order valence-electron chi connectivity index (χ3n) is 11.4. The number of anilines is 6. The molecule has 0 radical (unpaired) electrons. The molecule has 424 valence electrons. The Labute approximate surface area is 433 Å². The van der Waals surface area contributed by atoms with Crippen molar-refractivity contribution in [3.8, 4) is 23.0 Å². The van der Waals surface area contributed by atoms with E-state index in [-0.39, 0.29) is 12.2 Å². The molecule has 0 amide bonds. The van der Waals surface area contributed by atoms with Crippen LogP contribution in [-0.4, -0.2) is 112 Å². The highest BCUT2D eigenvalue weighted by Gasteiger charge is 2.63. The number of alkyl halides is 18. The highest BCUT2D eigenvalue weighted by Crippen LogP contribution is 2.45. The van der Waals surface area contributed by atoms with Crippen molar-refractivity contribution in [3.05, 3.63) is 108 Å². The molecule has 0 spiro atoms. The van der Waals surface area contributed by atoms with Crippen LogP contribution in [0.2, 0.25) is 0 Å². The van der Waals surface area contributed by atoms with Crippen LogP contribution in [0.1, 0.15) is 35.6 Å². The first kappa shape index (κ1) is 57.4. The molecule has 0 aliphatic carbocycles. The molecule has 0 bridgehead atoms. The maximum absolute atomic E-state index is 14.9. The number of ether oxygens (including phenoxy) is 2. The van der Waals surface area contributed by atoms with Crippen LogP contribution in [0.3, 0.4) is 0 Å². The second-order valence-electron chi connectivity index (χ2n) is 17.0. The van der Waals surface area contributed by atoms with Crippen molar-refractivity contribution < 1.29 is 98.1 Å². The van der Waals surface area contributed by atoms with Gasteiger partial charge in [-0.15, -0.1) is 0 Å². The number of halogens is 18. The minimum atomic E-state index is -5.52. The quantitative estimate of drug-likeness (QED) is 0.0663. The summed E-state index contributed by atoms with van der Waals surface area (Å²) < 4.78 is 261. The summed E-state index contributed by atoms with van der Waals surface area (Å²) in [4.78, 5) is 64.1. The van der Waals surface area contributed by atoms with E-state index in [2.05, 4.69) is 60.5 Å². The van der Waals surface area contributed by atoms with E-state index in [0.717, 1.165) is 36.4 Å². The lowest BCUT2D eigenvalue weighted by atomic mass is 10.0. The van der Waals surface area contributed by atoms with Crippen LogP contribution in [0.15, 0.2) is 85.2 Å². The second kappa shape index (κ2) is 20.8. The molecule has 2 N–H and O–H groups in total. The van der Waals surface area contributed by atoms with E-state index in [1.807, 2.05) is 0 Å². The van der Waals surface area contributed by atoms with Gasteiger partial charge in [0.15, 0.2) is 11.6 Å². The number of rotatable bonds is 12. The Morgan fingerprint density at radius 2 is 0.838 bits per heavy atom. The zero-order valence-electron chi connectivity index (χ0n) is 39.1. The van der Waals surface area contributed by atoms with Gasteiger partial charge in [0.2, 0.25) is 35.0 Å². The SMILES string of the molecule is O=C(/C=C\C(=O)O[C@@]1(C(F)(F)F)CCN(c2nc(Nc3ccnc(C(F)(F)F)c3)nc(-c3cccc(C(F)(F)F)n3)n2)C1)O[C@@]1(C(F)(F)F)CCN(c2nc(Nc3ccnc(C(F)(F)F)c3)nc(-c3cccc(C(F)(F)F)n3)n2)C1. The summed E-state index contributed by atoms with van der Waals surface area (Å²) in [6.45, 7) is -4.40. The zero-order valence-corrected chi connectivity index (χ0v) is 39.1. The van der Waals surface area contributed by atoms with E-state index in [9.17, 15) is 88.6 Å². The molecule has 2 saturated heterocycles. The minimum absolute atomic E-state index is 0.0247. The molecule has 0 saturated carbocycles. The zero-order chi connectivity index (χ0) is 58.4. The van der Waals surface area contributed by atoms with Gasteiger partial charge in [-0.3, -0.25) is 9.97 Å². The van der Waals surface area contributed by atoms with Crippen LogP contribution in [-0.2, 0) is 43.8 Å². The van der Waals surface area contributed by atoms with Crippen LogP contribution in [0, 0.1) is 0 Å². The number of nitrogens with one attached hydrogen (secondary N) is 2. The summed E-state index contributed by atoms with van der Waals surface area (Å²) in [5.41, 5.74) is -15.1. The van der Waals surface area contributed by atoms with Crippen LogP contribution < -0.4 is 20.4 Å². The number of aromatic nitrogens is 10. The number of carbonyl (C=O) groups is 2. The first-order valence-corrected chi connectivity index (χ1v) is 22.1. The van der Waals surface area contributed by atoms with Gasteiger partial charge in [0.05, 0.1) is 13.1 Å². The van der Waals surface area contributed by atoms with Gasteiger partial charge >= 0.3 is 49.0 Å². The molecular weight excluding hydrogens is 1130 g/mol. The van der Waals surface area contributed by atoms with Crippen molar-refractivity contribution >= 4 is 47.1 Å². The van der Waals surface area contributed by atoms with Gasteiger partial charge in [0.1, 0.15) is 34.2 Å². The van der Waals surface area contributed by atoms with Crippen molar-refractivity contribution in [2.24, 2.45) is 0 Å². The fourth-order valence-electron chi connectivity index (χ4n) is 7.61. The molecule has 6 aromatic rings. The van der Waals surface area contributed by atoms with Crippen LogP contribution >= 0.6 is 0 Å². The van der Waals surface area contributed by atoms with E-state index >= 15 is 0 Å². The van der Waals surface area contributed by atoms with Gasteiger partial charge in [-0.05, 0) is 48.5 Å². The lowest BCUT2D eigenvalue weighted by Gasteiger charge is -2.31. The van der Waals surface area contributed by atoms with Crippen molar-refractivity contribution in [1.29, 1.82) is 0 Å². The molecule has 18 nitrogen and oxygen atoms in total.